The van der Waals surface area contributed by atoms with Crippen LogP contribution in [0.3, 0.4) is 0 Å². The SMILES string of the molecule is COCc1cc(C(c2ccc(C(c3cc(CO)c(O)c(CO)c3)c3cc(CO)c(O)c(CO)c3)cc2)c2cc(COC)c(O)c(COC)c2)cc(O)c1O. The van der Waals surface area contributed by atoms with Crippen LogP contribution in [0.4, 0.5) is 0 Å². The third-order valence-corrected chi connectivity index (χ3v) is 9.58. The van der Waals surface area contributed by atoms with Gasteiger partial charge in [0.1, 0.15) is 17.2 Å². The summed E-state index contributed by atoms with van der Waals surface area (Å²) in [6.07, 6.45) is 0. The van der Waals surface area contributed by atoms with E-state index in [0.29, 0.717) is 38.9 Å². The second-order valence-corrected chi connectivity index (χ2v) is 13.1. The van der Waals surface area contributed by atoms with E-state index in [1.807, 2.05) is 36.4 Å². The molecule has 5 aromatic rings. The van der Waals surface area contributed by atoms with Gasteiger partial charge in [-0.05, 0) is 81.9 Å². The molecule has 0 bridgehead atoms. The summed E-state index contributed by atoms with van der Waals surface area (Å²) in [7, 11) is 4.52. The first-order valence-electron chi connectivity index (χ1n) is 17.1. The van der Waals surface area contributed by atoms with E-state index < -0.39 is 38.3 Å². The molecule has 1 unspecified atom stereocenters. The first-order chi connectivity index (χ1) is 26.0. The quantitative estimate of drug-likeness (QED) is 0.0484. The van der Waals surface area contributed by atoms with Crippen LogP contribution >= 0.6 is 0 Å². The number of hydrogen-bond acceptors (Lipinski definition) is 12. The highest BCUT2D eigenvalue weighted by Crippen LogP contribution is 2.43. The molecule has 0 saturated carbocycles. The Bertz CT molecular complexity index is 1940. The maximum Gasteiger partial charge on any atom is 0.163 e. The molecule has 1 atom stereocenters. The van der Waals surface area contributed by atoms with Crippen molar-refractivity contribution in [3.63, 3.8) is 0 Å². The van der Waals surface area contributed by atoms with Gasteiger partial charge in [-0.25, -0.2) is 0 Å². The van der Waals surface area contributed by atoms with E-state index in [4.69, 9.17) is 14.2 Å². The smallest absolute Gasteiger partial charge is 0.163 e. The van der Waals surface area contributed by atoms with E-state index in [9.17, 15) is 46.0 Å². The average Bonchev–Trinajstić information content (AvgIpc) is 3.17. The summed E-state index contributed by atoms with van der Waals surface area (Å²) in [4.78, 5) is 0. The van der Waals surface area contributed by atoms with E-state index in [1.165, 1.54) is 27.4 Å². The van der Waals surface area contributed by atoms with Crippen molar-refractivity contribution in [3.05, 3.63) is 145 Å². The number of aliphatic hydroxyl groups excluding tert-OH is 4. The second kappa shape index (κ2) is 17.8. The van der Waals surface area contributed by atoms with E-state index in [-0.39, 0.29) is 70.8 Å². The molecule has 12 heteroatoms. The molecule has 5 aromatic carbocycles. The molecule has 0 aromatic heterocycles. The predicted molar refractivity (Wildman–Crippen MR) is 198 cm³/mol. The van der Waals surface area contributed by atoms with E-state index in [2.05, 4.69) is 0 Å². The molecule has 9 N–H and O–H groups in total. The lowest BCUT2D eigenvalue weighted by atomic mass is 9.79. The van der Waals surface area contributed by atoms with Crippen LogP contribution in [0.1, 0.15) is 84.2 Å². The highest BCUT2D eigenvalue weighted by molar-refractivity contribution is 5.57. The number of methoxy groups -OCH3 is 3. The number of ether oxygens (including phenoxy) is 3. The molecule has 54 heavy (non-hydrogen) atoms. The van der Waals surface area contributed by atoms with Crippen LogP contribution < -0.4 is 0 Å². The van der Waals surface area contributed by atoms with Crippen molar-refractivity contribution < 1.29 is 60.2 Å². The minimum atomic E-state index is -0.647. The van der Waals surface area contributed by atoms with Crippen LogP contribution in [0.15, 0.2) is 72.8 Å². The zero-order valence-corrected chi connectivity index (χ0v) is 30.3. The van der Waals surface area contributed by atoms with Crippen molar-refractivity contribution in [2.45, 2.75) is 58.1 Å². The number of benzene rings is 5. The maximum atomic E-state index is 11.0. The van der Waals surface area contributed by atoms with E-state index in [1.54, 1.807) is 30.3 Å². The fourth-order valence-electron chi connectivity index (χ4n) is 7.04. The molecule has 0 aliphatic carbocycles. The van der Waals surface area contributed by atoms with Gasteiger partial charge < -0.3 is 60.2 Å². The van der Waals surface area contributed by atoms with Gasteiger partial charge in [0, 0.05) is 72.1 Å². The topological polar surface area (TPSA) is 210 Å². The zero-order chi connectivity index (χ0) is 39.1. The van der Waals surface area contributed by atoms with Crippen LogP contribution in [0.25, 0.3) is 0 Å². The normalized spacial score (nSPS) is 12.1. The summed E-state index contributed by atoms with van der Waals surface area (Å²) < 4.78 is 16.1. The largest absolute Gasteiger partial charge is 0.507 e. The molecule has 0 radical (unpaired) electrons. The Morgan fingerprint density at radius 1 is 0.370 bits per heavy atom. The van der Waals surface area contributed by atoms with Crippen LogP contribution in [-0.4, -0.2) is 67.3 Å². The van der Waals surface area contributed by atoms with Crippen molar-refractivity contribution in [3.8, 4) is 28.7 Å². The standard InChI is InChI=1S/C42H46O12/c1-52-20-33-12-27(13-34(21-53-2)41(33)50)38(28-14-35(22-54-3)42(51)36(47)15-28)24-6-4-23(5-7-24)37(25-8-29(16-43)39(48)30(9-25)17-44)26-10-31(18-45)40(49)32(11-26)19-46/h4-15,37-38,43-51H,16-22H2,1-3H3. The Labute approximate surface area is 313 Å². The lowest BCUT2D eigenvalue weighted by Gasteiger charge is -2.25. The molecule has 0 heterocycles. The van der Waals surface area contributed by atoms with Gasteiger partial charge in [0.2, 0.25) is 0 Å². The van der Waals surface area contributed by atoms with Gasteiger partial charge in [0.05, 0.1) is 46.2 Å². The minimum absolute atomic E-state index is 0.0244. The molecular formula is C42H46O12. The number of aliphatic hydroxyl groups is 4. The van der Waals surface area contributed by atoms with Gasteiger partial charge in [-0.15, -0.1) is 0 Å². The van der Waals surface area contributed by atoms with Crippen molar-refractivity contribution >= 4 is 0 Å². The monoisotopic (exact) mass is 742 g/mol. The van der Waals surface area contributed by atoms with Crippen LogP contribution in [0, 0.1) is 0 Å². The fourth-order valence-corrected chi connectivity index (χ4v) is 7.04. The Hall–Kier alpha value is -5.18. The molecule has 0 aliphatic heterocycles. The molecule has 0 fully saturated rings. The molecule has 0 spiro atoms. The molecular weight excluding hydrogens is 696 g/mol. The average molecular weight is 743 g/mol. The third-order valence-electron chi connectivity index (χ3n) is 9.58. The Morgan fingerprint density at radius 2 is 0.630 bits per heavy atom. The van der Waals surface area contributed by atoms with Gasteiger partial charge in [-0.1, -0.05) is 24.3 Å². The number of phenols is 5. The second-order valence-electron chi connectivity index (χ2n) is 13.1. The highest BCUT2D eigenvalue weighted by Gasteiger charge is 2.26. The Kier molecular flexibility index (Phi) is 13.2. The molecule has 0 amide bonds. The van der Waals surface area contributed by atoms with Gasteiger partial charge in [0.25, 0.3) is 0 Å². The lowest BCUT2D eigenvalue weighted by Crippen LogP contribution is -2.10. The van der Waals surface area contributed by atoms with Crippen molar-refractivity contribution in [1.29, 1.82) is 0 Å². The number of rotatable bonds is 16. The third kappa shape index (κ3) is 8.15. The Balaban J connectivity index is 1.76. The summed E-state index contributed by atoms with van der Waals surface area (Å²) in [6, 6.07) is 20.8. The summed E-state index contributed by atoms with van der Waals surface area (Å²) in [6.45, 7) is -1.79. The first-order valence-corrected chi connectivity index (χ1v) is 17.1. The van der Waals surface area contributed by atoms with Gasteiger partial charge in [-0.3, -0.25) is 0 Å². The maximum absolute atomic E-state index is 11.0. The van der Waals surface area contributed by atoms with Crippen LogP contribution in [0.2, 0.25) is 0 Å². The van der Waals surface area contributed by atoms with Gasteiger partial charge >= 0.3 is 0 Å². The van der Waals surface area contributed by atoms with E-state index in [0.717, 1.165) is 11.1 Å². The van der Waals surface area contributed by atoms with Crippen molar-refractivity contribution in [1.82, 2.24) is 0 Å². The minimum Gasteiger partial charge on any atom is -0.507 e. The van der Waals surface area contributed by atoms with Crippen LogP contribution in [0.5, 0.6) is 28.7 Å². The van der Waals surface area contributed by atoms with Gasteiger partial charge in [-0.2, -0.15) is 0 Å². The van der Waals surface area contributed by atoms with Gasteiger partial charge in [0.15, 0.2) is 11.5 Å². The Morgan fingerprint density at radius 3 is 0.926 bits per heavy atom. The first kappa shape index (κ1) is 40.0. The summed E-state index contributed by atoms with van der Waals surface area (Å²) in [5.41, 5.74) is 6.07. The lowest BCUT2D eigenvalue weighted by molar-refractivity contribution is 0.174. The molecule has 0 saturated heterocycles. The number of aromatic hydroxyl groups is 5. The molecule has 5 rings (SSSR count). The fraction of sp³-hybridized carbons (Fsp3) is 0.286. The number of phenolic OH excluding ortho intramolecular Hbond substituents is 3. The van der Waals surface area contributed by atoms with Crippen molar-refractivity contribution in [2.75, 3.05) is 21.3 Å². The van der Waals surface area contributed by atoms with Crippen molar-refractivity contribution in [2.24, 2.45) is 0 Å². The molecule has 12 nitrogen and oxygen atoms in total. The highest BCUT2D eigenvalue weighted by atomic mass is 16.5. The number of hydrogen-bond donors (Lipinski definition) is 9. The zero-order valence-electron chi connectivity index (χ0n) is 30.3. The van der Waals surface area contributed by atoms with E-state index >= 15 is 0 Å². The van der Waals surface area contributed by atoms with Crippen LogP contribution in [-0.2, 0) is 60.5 Å². The predicted octanol–water partition coefficient (Wildman–Crippen LogP) is 4.98. The molecule has 0 aliphatic rings. The summed E-state index contributed by atoms with van der Waals surface area (Å²) in [5.74, 6) is -2.31. The summed E-state index contributed by atoms with van der Waals surface area (Å²) >= 11 is 0. The summed E-state index contributed by atoms with van der Waals surface area (Å²) in [5, 5.41) is 94.3. The molecule has 286 valence electrons.